The van der Waals surface area contributed by atoms with E-state index in [1.54, 1.807) is 10.6 Å². The number of aryl methyl sites for hydroxylation is 2. The van der Waals surface area contributed by atoms with Gasteiger partial charge >= 0.3 is 0 Å². The molecule has 0 bridgehead atoms. The maximum Gasteiger partial charge on any atom is 0.245 e. The molecule has 1 amide bonds. The second-order valence-electron chi connectivity index (χ2n) is 7.42. The van der Waals surface area contributed by atoms with Crippen LogP contribution in [0.5, 0.6) is 0 Å². The molecule has 4 rings (SSSR count). The van der Waals surface area contributed by atoms with Crippen LogP contribution in [0.25, 0.3) is 11.0 Å². The first kappa shape index (κ1) is 23.4. The molecule has 0 atom stereocenters. The number of hydrogen-bond acceptors (Lipinski definition) is 7. The van der Waals surface area contributed by atoms with Gasteiger partial charge in [-0.3, -0.25) is 10.2 Å². The molecule has 0 unspecified atom stereocenters. The minimum absolute atomic E-state index is 0.0538. The summed E-state index contributed by atoms with van der Waals surface area (Å²) in [6.07, 6.45) is 4.89. The Morgan fingerprint density at radius 1 is 1.24 bits per heavy atom. The van der Waals surface area contributed by atoms with Gasteiger partial charge in [0.15, 0.2) is 0 Å². The fourth-order valence-corrected chi connectivity index (χ4v) is 3.36. The summed E-state index contributed by atoms with van der Waals surface area (Å²) in [4.78, 5) is 24.5. The predicted molar refractivity (Wildman–Crippen MR) is 126 cm³/mol. The normalized spacial score (nSPS) is 12.5. The Morgan fingerprint density at radius 3 is 2.48 bits per heavy atom. The van der Waals surface area contributed by atoms with Crippen molar-refractivity contribution in [2.75, 3.05) is 24.6 Å². The highest BCUT2D eigenvalue weighted by atomic mass is 19.1. The van der Waals surface area contributed by atoms with Gasteiger partial charge in [0.2, 0.25) is 5.91 Å². The van der Waals surface area contributed by atoms with Gasteiger partial charge in [-0.05, 0) is 37.8 Å². The third-order valence-electron chi connectivity index (χ3n) is 5.26. The fourth-order valence-electron chi connectivity index (χ4n) is 3.36. The lowest BCUT2D eigenvalue weighted by Crippen LogP contribution is -2.25. The number of nitrogen functional groups attached to an aromatic ring is 2. The molecule has 0 saturated carbocycles. The van der Waals surface area contributed by atoms with Crippen LogP contribution in [-0.2, 0) is 11.8 Å². The fraction of sp³-hybridized carbons (Fsp3) is 0.261. The first-order valence-electron chi connectivity index (χ1n) is 10.2. The van der Waals surface area contributed by atoms with Crippen molar-refractivity contribution in [1.29, 1.82) is 5.41 Å². The van der Waals surface area contributed by atoms with Crippen LogP contribution in [0, 0.1) is 30.0 Å². The lowest BCUT2D eigenvalue weighted by atomic mass is 10.1. The maximum absolute atomic E-state index is 14.2. The van der Waals surface area contributed by atoms with Gasteiger partial charge in [0, 0.05) is 26.2 Å². The molecule has 0 spiro atoms. The number of rotatable bonds is 2. The highest BCUT2D eigenvalue weighted by Crippen LogP contribution is 2.19. The molecule has 1 aliphatic heterocycles. The Hall–Kier alpha value is -4.26. The van der Waals surface area contributed by atoms with Crippen molar-refractivity contribution < 1.29 is 9.18 Å². The number of amides is 1. The second-order valence-corrected chi connectivity index (χ2v) is 7.42. The first-order chi connectivity index (χ1) is 15.7. The number of nitrogens with one attached hydrogen (secondary N) is 1. The van der Waals surface area contributed by atoms with Crippen LogP contribution in [0.3, 0.4) is 0 Å². The maximum atomic E-state index is 14.2. The van der Waals surface area contributed by atoms with Crippen LogP contribution < -0.4 is 11.5 Å². The minimum atomic E-state index is -0.490. The predicted octanol–water partition coefficient (Wildman–Crippen LogP) is 2.19. The van der Waals surface area contributed by atoms with Crippen LogP contribution in [0.4, 0.5) is 16.0 Å². The van der Waals surface area contributed by atoms with Crippen molar-refractivity contribution in [3.63, 3.8) is 0 Å². The summed E-state index contributed by atoms with van der Waals surface area (Å²) in [6.45, 7) is 7.09. The molecule has 2 aromatic heterocycles. The Kier molecular flexibility index (Phi) is 7.03. The number of aromatic nitrogens is 4. The van der Waals surface area contributed by atoms with Gasteiger partial charge in [-0.2, -0.15) is 0 Å². The SMILES string of the molecule is C=CC(=O)N1CCCC1.Cc1nc2cc(C#CC(=N)c3c(N)ncnc3N)c(F)cc2n1C. The van der Waals surface area contributed by atoms with Crippen LogP contribution in [0.2, 0.25) is 0 Å². The standard InChI is InChI=1S/C16H14FN7.C7H11NO/c1-8-23-12-5-9(10(17)6-13(12)24(8)2)3-4-11(18)14-15(19)21-7-22-16(14)20;1-2-7(9)8-5-3-4-6-8/h5-7,18H,1-2H3,(H4,19,20,21,22);2H,1,3-6H2. The van der Waals surface area contributed by atoms with E-state index < -0.39 is 5.82 Å². The van der Waals surface area contributed by atoms with Crippen LogP contribution in [0.1, 0.15) is 29.8 Å². The van der Waals surface area contributed by atoms with E-state index in [-0.39, 0.29) is 34.4 Å². The number of nitrogens with two attached hydrogens (primary N) is 2. The number of benzene rings is 1. The molecule has 1 aromatic carbocycles. The second kappa shape index (κ2) is 9.91. The highest BCUT2D eigenvalue weighted by molar-refractivity contribution is 6.16. The van der Waals surface area contributed by atoms with Crippen molar-refractivity contribution >= 4 is 34.3 Å². The van der Waals surface area contributed by atoms with Crippen molar-refractivity contribution in [1.82, 2.24) is 24.4 Å². The third kappa shape index (κ3) is 5.15. The molecular weight excluding hydrogens is 423 g/mol. The zero-order valence-electron chi connectivity index (χ0n) is 18.5. The highest BCUT2D eigenvalue weighted by Gasteiger charge is 2.14. The van der Waals surface area contributed by atoms with E-state index in [9.17, 15) is 9.18 Å². The zero-order valence-corrected chi connectivity index (χ0v) is 18.5. The first-order valence-corrected chi connectivity index (χ1v) is 10.2. The van der Waals surface area contributed by atoms with Crippen LogP contribution in [0.15, 0.2) is 31.1 Å². The smallest absolute Gasteiger partial charge is 0.245 e. The van der Waals surface area contributed by atoms with E-state index >= 15 is 0 Å². The molecule has 10 heteroatoms. The van der Waals surface area contributed by atoms with E-state index in [0.717, 1.165) is 31.8 Å². The van der Waals surface area contributed by atoms with E-state index in [1.165, 1.54) is 18.5 Å². The van der Waals surface area contributed by atoms with Crippen LogP contribution in [-0.4, -0.2) is 49.1 Å². The van der Waals surface area contributed by atoms with E-state index in [0.29, 0.717) is 11.0 Å². The number of likely N-dealkylation sites (tertiary alicyclic amines) is 1. The van der Waals surface area contributed by atoms with Gasteiger partial charge in [0.1, 0.15) is 35.3 Å². The molecule has 170 valence electrons. The molecule has 1 aliphatic rings. The largest absolute Gasteiger partial charge is 0.383 e. The summed E-state index contributed by atoms with van der Waals surface area (Å²) in [5.74, 6) is 5.63. The zero-order chi connectivity index (χ0) is 24.1. The number of nitrogens with zero attached hydrogens (tertiary/aromatic N) is 5. The summed E-state index contributed by atoms with van der Waals surface area (Å²) in [6, 6.07) is 2.92. The quantitative estimate of drug-likeness (QED) is 0.312. The van der Waals surface area contributed by atoms with Crippen molar-refractivity contribution in [2.45, 2.75) is 19.8 Å². The summed E-state index contributed by atoms with van der Waals surface area (Å²) in [7, 11) is 1.81. The van der Waals surface area contributed by atoms with Gasteiger partial charge in [0.05, 0.1) is 22.2 Å². The van der Waals surface area contributed by atoms with Gasteiger partial charge in [-0.1, -0.05) is 12.5 Å². The Labute approximate surface area is 190 Å². The molecule has 0 radical (unpaired) electrons. The summed E-state index contributed by atoms with van der Waals surface area (Å²) in [5.41, 5.74) is 12.8. The number of carbonyl (C=O) groups is 1. The summed E-state index contributed by atoms with van der Waals surface area (Å²) < 4.78 is 16.0. The van der Waals surface area contributed by atoms with E-state index in [2.05, 4.69) is 33.4 Å². The van der Waals surface area contributed by atoms with Gasteiger partial charge in [-0.25, -0.2) is 19.3 Å². The number of halogens is 1. The Morgan fingerprint density at radius 2 is 1.88 bits per heavy atom. The molecule has 1 fully saturated rings. The van der Waals surface area contributed by atoms with Crippen molar-refractivity contribution in [2.24, 2.45) is 7.05 Å². The third-order valence-corrected chi connectivity index (χ3v) is 5.26. The topological polar surface area (TPSA) is 140 Å². The van der Waals surface area contributed by atoms with Gasteiger partial charge in [0.25, 0.3) is 0 Å². The number of anilines is 2. The van der Waals surface area contributed by atoms with Gasteiger partial charge < -0.3 is 20.9 Å². The molecule has 1 saturated heterocycles. The lowest BCUT2D eigenvalue weighted by Gasteiger charge is -2.10. The summed E-state index contributed by atoms with van der Waals surface area (Å²) >= 11 is 0. The average molecular weight is 449 g/mol. The number of fused-ring (bicyclic) bond motifs is 1. The molecule has 9 nitrogen and oxygen atoms in total. The molecule has 5 N–H and O–H groups in total. The minimum Gasteiger partial charge on any atom is -0.383 e. The van der Waals surface area contributed by atoms with Crippen molar-refractivity contribution in [3.8, 4) is 11.8 Å². The number of carbonyl (C=O) groups excluding carboxylic acids is 1. The number of imidazole rings is 1. The lowest BCUT2D eigenvalue weighted by molar-refractivity contribution is -0.124. The molecule has 3 aromatic rings. The molecule has 0 aliphatic carbocycles. The molecule has 33 heavy (non-hydrogen) atoms. The van der Waals surface area contributed by atoms with Gasteiger partial charge in [-0.15, -0.1) is 0 Å². The Bertz CT molecular complexity index is 1280. The van der Waals surface area contributed by atoms with E-state index in [4.69, 9.17) is 16.9 Å². The average Bonchev–Trinajstić information content (AvgIpc) is 3.41. The Balaban J connectivity index is 0.000000286. The van der Waals surface area contributed by atoms with Crippen molar-refractivity contribution in [3.05, 3.63) is 53.9 Å². The monoisotopic (exact) mass is 448 g/mol. The summed E-state index contributed by atoms with van der Waals surface area (Å²) in [5, 5.41) is 7.98. The van der Waals surface area contributed by atoms with Crippen LogP contribution >= 0.6 is 0 Å². The molecular formula is C23H25FN8O. The molecule has 3 heterocycles. The van der Waals surface area contributed by atoms with E-state index in [1.807, 2.05) is 18.9 Å². The number of hydrogen-bond donors (Lipinski definition) is 3.